The van der Waals surface area contributed by atoms with Crippen molar-refractivity contribution >= 4 is 17.7 Å². The fourth-order valence-corrected chi connectivity index (χ4v) is 3.52. The largest absolute Gasteiger partial charge is 0.507 e. The third-order valence-electron chi connectivity index (χ3n) is 3.38. The number of thioether (sulfide) groups is 1. The van der Waals surface area contributed by atoms with Gasteiger partial charge in [-0.2, -0.15) is 0 Å². The molecule has 0 radical (unpaired) electrons. The van der Waals surface area contributed by atoms with Gasteiger partial charge in [0.1, 0.15) is 5.75 Å². The fourth-order valence-electron chi connectivity index (χ4n) is 2.38. The maximum absolute atomic E-state index is 11.7. The maximum Gasteiger partial charge on any atom is 0.336 e. The summed E-state index contributed by atoms with van der Waals surface area (Å²) < 4.78 is 0. The number of aromatic carboxylic acids is 1. The summed E-state index contributed by atoms with van der Waals surface area (Å²) in [7, 11) is 0. The second kappa shape index (κ2) is 6.50. The summed E-state index contributed by atoms with van der Waals surface area (Å²) in [4.78, 5) is 12.2. The predicted octanol–water partition coefficient (Wildman–Crippen LogP) is 3.77. The molecule has 0 spiro atoms. The zero-order valence-corrected chi connectivity index (χ0v) is 15.0. The van der Waals surface area contributed by atoms with Gasteiger partial charge in [-0.25, -0.2) is 4.79 Å². The van der Waals surface area contributed by atoms with Crippen LogP contribution in [0.3, 0.4) is 0 Å². The molecule has 22 heavy (non-hydrogen) atoms. The first-order valence-electron chi connectivity index (χ1n) is 7.29. The second-order valence-corrected chi connectivity index (χ2v) is 8.51. The van der Waals surface area contributed by atoms with Crippen molar-refractivity contribution < 1.29 is 20.1 Å². The quantitative estimate of drug-likeness (QED) is 0.734. The van der Waals surface area contributed by atoms with Crippen LogP contribution in [-0.2, 0) is 10.8 Å². The molecule has 0 aliphatic heterocycles. The van der Waals surface area contributed by atoms with Gasteiger partial charge in [-0.15, -0.1) is 11.8 Å². The maximum atomic E-state index is 11.7. The molecule has 0 saturated carbocycles. The van der Waals surface area contributed by atoms with Gasteiger partial charge in [0, 0.05) is 21.8 Å². The summed E-state index contributed by atoms with van der Waals surface area (Å²) in [6, 6.07) is 1.56. The van der Waals surface area contributed by atoms with Gasteiger partial charge in [0.2, 0.25) is 0 Å². The van der Waals surface area contributed by atoms with Gasteiger partial charge in [0.15, 0.2) is 0 Å². The van der Waals surface area contributed by atoms with E-state index in [1.807, 2.05) is 41.5 Å². The van der Waals surface area contributed by atoms with Gasteiger partial charge >= 0.3 is 5.97 Å². The number of phenolic OH excluding ortho intramolecular Hbond substituents is 1. The monoisotopic (exact) mass is 326 g/mol. The summed E-state index contributed by atoms with van der Waals surface area (Å²) in [5.74, 6) is -0.473. The van der Waals surface area contributed by atoms with Crippen LogP contribution >= 0.6 is 11.8 Å². The first kappa shape index (κ1) is 18.8. The fraction of sp³-hybridized carbons (Fsp3) is 0.588. The van der Waals surface area contributed by atoms with E-state index in [1.165, 1.54) is 11.8 Å². The number of carbonyl (C=O) groups is 1. The zero-order chi connectivity index (χ0) is 17.3. The van der Waals surface area contributed by atoms with Crippen LogP contribution in [0.4, 0.5) is 0 Å². The third-order valence-corrected chi connectivity index (χ3v) is 4.48. The Kier molecular flexibility index (Phi) is 5.57. The summed E-state index contributed by atoms with van der Waals surface area (Å²) in [5.41, 5.74) is 0.673. The highest BCUT2D eigenvalue weighted by atomic mass is 32.2. The Morgan fingerprint density at radius 2 is 1.68 bits per heavy atom. The van der Waals surface area contributed by atoms with E-state index in [2.05, 4.69) is 0 Å². The lowest BCUT2D eigenvalue weighted by molar-refractivity contribution is 0.0692. The molecular formula is C17H26O4S. The average Bonchev–Trinajstić information content (AvgIpc) is 2.32. The number of hydrogen-bond donors (Lipinski definition) is 3. The highest BCUT2D eigenvalue weighted by Crippen LogP contribution is 2.45. The van der Waals surface area contributed by atoms with E-state index in [9.17, 15) is 15.0 Å². The Morgan fingerprint density at radius 3 is 2.05 bits per heavy atom. The van der Waals surface area contributed by atoms with Crippen molar-refractivity contribution in [1.29, 1.82) is 0 Å². The molecule has 5 heteroatoms. The van der Waals surface area contributed by atoms with Crippen LogP contribution in [0.15, 0.2) is 11.0 Å². The summed E-state index contributed by atoms with van der Waals surface area (Å²) in [5, 5.41) is 29.4. The number of aromatic hydroxyl groups is 1. The molecule has 0 aromatic heterocycles. The SMILES string of the molecule is CC(C)(C)c1cc(C(=O)O)c(SCCO)c(C(C)(C)C)c1O. The summed E-state index contributed by atoms with van der Waals surface area (Å²) >= 11 is 1.27. The van der Waals surface area contributed by atoms with Crippen molar-refractivity contribution in [2.75, 3.05) is 12.4 Å². The topological polar surface area (TPSA) is 77.8 Å². The molecule has 0 unspecified atom stereocenters. The van der Waals surface area contributed by atoms with E-state index in [0.29, 0.717) is 21.8 Å². The number of benzene rings is 1. The second-order valence-electron chi connectivity index (χ2n) is 7.40. The molecular weight excluding hydrogens is 300 g/mol. The third kappa shape index (κ3) is 3.96. The first-order chi connectivity index (χ1) is 9.91. The molecule has 1 aromatic carbocycles. The number of rotatable bonds is 4. The van der Waals surface area contributed by atoms with Gasteiger partial charge in [0.05, 0.1) is 12.2 Å². The normalized spacial score (nSPS) is 12.5. The van der Waals surface area contributed by atoms with Crippen molar-refractivity contribution in [3.63, 3.8) is 0 Å². The Bertz CT molecular complexity index is 565. The Labute approximate surface area is 136 Å². The molecule has 1 aromatic rings. The van der Waals surface area contributed by atoms with Crippen LogP contribution < -0.4 is 0 Å². The Balaban J connectivity index is 3.80. The minimum absolute atomic E-state index is 0.0465. The van der Waals surface area contributed by atoms with E-state index in [0.717, 1.165) is 0 Å². The van der Waals surface area contributed by atoms with Gasteiger partial charge < -0.3 is 15.3 Å². The molecule has 3 N–H and O–H groups in total. The molecule has 0 saturated heterocycles. The Hall–Kier alpha value is -1.20. The molecule has 4 nitrogen and oxygen atoms in total. The number of aliphatic hydroxyl groups is 1. The molecule has 0 bridgehead atoms. The number of carboxylic acid groups (broad SMARTS) is 1. The van der Waals surface area contributed by atoms with Gasteiger partial charge in [-0.1, -0.05) is 41.5 Å². The lowest BCUT2D eigenvalue weighted by Gasteiger charge is -2.30. The molecule has 1 rings (SSSR count). The number of phenols is 1. The van der Waals surface area contributed by atoms with Crippen LogP contribution in [0.25, 0.3) is 0 Å². The average molecular weight is 326 g/mol. The lowest BCUT2D eigenvalue weighted by atomic mass is 9.78. The van der Waals surface area contributed by atoms with Crippen molar-refractivity contribution in [2.24, 2.45) is 0 Å². The van der Waals surface area contributed by atoms with Crippen molar-refractivity contribution in [1.82, 2.24) is 0 Å². The van der Waals surface area contributed by atoms with Gasteiger partial charge in [-0.05, 0) is 16.9 Å². The zero-order valence-electron chi connectivity index (χ0n) is 14.1. The first-order valence-corrected chi connectivity index (χ1v) is 8.27. The minimum Gasteiger partial charge on any atom is -0.507 e. The smallest absolute Gasteiger partial charge is 0.336 e. The van der Waals surface area contributed by atoms with Crippen LogP contribution in [-0.4, -0.2) is 33.6 Å². The molecule has 0 atom stereocenters. The van der Waals surface area contributed by atoms with E-state index < -0.39 is 11.4 Å². The molecule has 0 amide bonds. The van der Waals surface area contributed by atoms with Gasteiger partial charge in [-0.3, -0.25) is 0 Å². The molecule has 0 fully saturated rings. The predicted molar refractivity (Wildman–Crippen MR) is 90.3 cm³/mol. The number of hydrogen-bond acceptors (Lipinski definition) is 4. The van der Waals surface area contributed by atoms with E-state index in [-0.39, 0.29) is 23.3 Å². The molecule has 0 aliphatic rings. The minimum atomic E-state index is -1.02. The Morgan fingerprint density at radius 1 is 1.14 bits per heavy atom. The molecule has 0 aliphatic carbocycles. The van der Waals surface area contributed by atoms with Crippen molar-refractivity contribution in [3.05, 3.63) is 22.8 Å². The van der Waals surface area contributed by atoms with Crippen LogP contribution in [0, 0.1) is 0 Å². The molecule has 0 heterocycles. The van der Waals surface area contributed by atoms with E-state index >= 15 is 0 Å². The van der Waals surface area contributed by atoms with Crippen molar-refractivity contribution in [3.8, 4) is 5.75 Å². The molecule has 124 valence electrons. The standard InChI is InChI=1S/C17H26O4S/c1-16(2,3)11-9-10(15(20)21)14(22-8-7-18)12(13(11)19)17(4,5)6/h9,18-19H,7-8H2,1-6H3,(H,20,21). The van der Waals surface area contributed by atoms with E-state index in [1.54, 1.807) is 6.07 Å². The number of aliphatic hydroxyl groups excluding tert-OH is 1. The highest BCUT2D eigenvalue weighted by molar-refractivity contribution is 7.99. The van der Waals surface area contributed by atoms with Crippen LogP contribution in [0.1, 0.15) is 63.0 Å². The lowest BCUT2D eigenvalue weighted by Crippen LogP contribution is -2.20. The summed E-state index contributed by atoms with van der Waals surface area (Å²) in [6.07, 6.45) is 0. The summed E-state index contributed by atoms with van der Waals surface area (Å²) in [6.45, 7) is 11.6. The van der Waals surface area contributed by atoms with E-state index in [4.69, 9.17) is 5.11 Å². The number of carboxylic acids is 1. The highest BCUT2D eigenvalue weighted by Gasteiger charge is 2.32. The van der Waals surface area contributed by atoms with Crippen LogP contribution in [0.2, 0.25) is 0 Å². The van der Waals surface area contributed by atoms with Crippen LogP contribution in [0.5, 0.6) is 5.75 Å². The van der Waals surface area contributed by atoms with Crippen molar-refractivity contribution in [2.45, 2.75) is 57.3 Å². The van der Waals surface area contributed by atoms with Gasteiger partial charge in [0.25, 0.3) is 0 Å².